The maximum absolute atomic E-state index is 11.7. The van der Waals surface area contributed by atoms with Gasteiger partial charge in [0, 0.05) is 25.0 Å². The van der Waals surface area contributed by atoms with Crippen LogP contribution >= 0.6 is 23.5 Å². The van der Waals surface area contributed by atoms with E-state index >= 15 is 0 Å². The molecule has 0 aromatic carbocycles. The van der Waals surface area contributed by atoms with Crippen LogP contribution in [-0.2, 0) is 36.3 Å². The Morgan fingerprint density at radius 2 is 1.24 bits per heavy atom. The molecule has 4 atom stereocenters. The quantitative estimate of drug-likeness (QED) is 0.112. The Hall–Kier alpha value is 0.250. The first-order valence-corrected chi connectivity index (χ1v) is 13.1. The van der Waals surface area contributed by atoms with E-state index < -0.39 is 55.1 Å². The SMILES string of the molecule is CCC(COP(=O)(O)O)COP(=O)(O)OCCOP(=O)(O)OCC(CO)CNC. The fourth-order valence-corrected chi connectivity index (χ4v) is 3.69. The van der Waals surface area contributed by atoms with Gasteiger partial charge in [0.15, 0.2) is 0 Å². The molecule has 29 heavy (non-hydrogen) atoms. The molecule has 176 valence electrons. The third-order valence-corrected chi connectivity index (χ3v) is 5.80. The van der Waals surface area contributed by atoms with Crippen molar-refractivity contribution in [1.82, 2.24) is 5.32 Å². The lowest BCUT2D eigenvalue weighted by molar-refractivity contribution is 0.0772. The number of hydrogen-bond donors (Lipinski definition) is 6. The molecule has 0 spiro atoms. The first-order valence-electron chi connectivity index (χ1n) is 8.53. The molecule has 0 saturated carbocycles. The molecule has 0 aromatic rings. The van der Waals surface area contributed by atoms with E-state index in [1.807, 2.05) is 0 Å². The number of aliphatic hydroxyl groups is 1. The number of hydrogen-bond acceptors (Lipinski definition) is 10. The van der Waals surface area contributed by atoms with Crippen molar-refractivity contribution in [3.8, 4) is 0 Å². The summed E-state index contributed by atoms with van der Waals surface area (Å²) in [6.45, 7) is -0.408. The van der Waals surface area contributed by atoms with E-state index in [2.05, 4.69) is 18.9 Å². The number of aliphatic hydroxyl groups excluding tert-OH is 1. The molecule has 0 aliphatic carbocycles. The highest BCUT2D eigenvalue weighted by molar-refractivity contribution is 7.47. The smallest absolute Gasteiger partial charge is 0.396 e. The number of nitrogens with one attached hydrogen (secondary N) is 1. The highest BCUT2D eigenvalue weighted by Gasteiger charge is 2.27. The van der Waals surface area contributed by atoms with Gasteiger partial charge in [-0.05, 0) is 13.5 Å². The van der Waals surface area contributed by atoms with Gasteiger partial charge in [-0.25, -0.2) is 13.7 Å². The zero-order valence-corrected chi connectivity index (χ0v) is 18.8. The van der Waals surface area contributed by atoms with Crippen LogP contribution in [0.15, 0.2) is 0 Å². The molecule has 0 amide bonds. The van der Waals surface area contributed by atoms with Crippen LogP contribution in [0.1, 0.15) is 13.3 Å². The lowest BCUT2D eigenvalue weighted by Crippen LogP contribution is -2.25. The topological polar surface area (TPSA) is 211 Å². The van der Waals surface area contributed by atoms with Crippen LogP contribution in [0.25, 0.3) is 0 Å². The molecule has 0 aliphatic rings. The van der Waals surface area contributed by atoms with Gasteiger partial charge in [0.05, 0.1) is 33.0 Å². The van der Waals surface area contributed by atoms with Crippen LogP contribution in [0.2, 0.25) is 0 Å². The molecular formula is C12H30NO13P3. The zero-order chi connectivity index (χ0) is 22.6. The van der Waals surface area contributed by atoms with E-state index in [1.54, 1.807) is 14.0 Å². The van der Waals surface area contributed by atoms with Gasteiger partial charge < -0.3 is 30.0 Å². The van der Waals surface area contributed by atoms with E-state index in [1.165, 1.54) is 0 Å². The maximum Gasteiger partial charge on any atom is 0.472 e. The molecule has 0 bridgehead atoms. The van der Waals surface area contributed by atoms with Crippen LogP contribution < -0.4 is 5.32 Å². The molecule has 0 aromatic heterocycles. The summed E-state index contributed by atoms with van der Waals surface area (Å²) in [5, 5.41) is 11.8. The molecule has 0 aliphatic heterocycles. The number of rotatable bonds is 18. The van der Waals surface area contributed by atoms with E-state index in [0.29, 0.717) is 13.0 Å². The summed E-state index contributed by atoms with van der Waals surface area (Å²) in [7, 11) is -12.0. The highest BCUT2D eigenvalue weighted by Crippen LogP contribution is 2.46. The molecule has 0 fully saturated rings. The van der Waals surface area contributed by atoms with E-state index in [9.17, 15) is 23.5 Å². The fraction of sp³-hybridized carbons (Fsp3) is 1.00. The van der Waals surface area contributed by atoms with Crippen molar-refractivity contribution in [1.29, 1.82) is 0 Å². The Bertz CT molecular complexity index is 585. The van der Waals surface area contributed by atoms with Gasteiger partial charge in [-0.15, -0.1) is 0 Å². The Kier molecular flexibility index (Phi) is 14.5. The second kappa shape index (κ2) is 14.3. The van der Waals surface area contributed by atoms with Crippen molar-refractivity contribution >= 4 is 23.5 Å². The van der Waals surface area contributed by atoms with Crippen molar-refractivity contribution in [3.05, 3.63) is 0 Å². The van der Waals surface area contributed by atoms with Crippen molar-refractivity contribution in [2.24, 2.45) is 11.8 Å². The van der Waals surface area contributed by atoms with E-state index in [0.717, 1.165) is 0 Å². The lowest BCUT2D eigenvalue weighted by Gasteiger charge is -2.19. The monoisotopic (exact) mass is 489 g/mol. The summed E-state index contributed by atoms with van der Waals surface area (Å²) in [4.78, 5) is 36.3. The molecule has 17 heteroatoms. The van der Waals surface area contributed by atoms with Gasteiger partial charge in [0.1, 0.15) is 0 Å². The van der Waals surface area contributed by atoms with E-state index in [-0.39, 0.29) is 19.8 Å². The molecule has 0 radical (unpaired) electrons. The molecular weight excluding hydrogens is 459 g/mol. The van der Waals surface area contributed by atoms with Gasteiger partial charge >= 0.3 is 23.5 Å². The average molecular weight is 489 g/mol. The summed E-state index contributed by atoms with van der Waals surface area (Å²) >= 11 is 0. The zero-order valence-electron chi connectivity index (χ0n) is 16.2. The lowest BCUT2D eigenvalue weighted by atomic mass is 10.1. The Labute approximate surface area is 168 Å². The third kappa shape index (κ3) is 16.6. The Balaban J connectivity index is 4.21. The summed E-state index contributed by atoms with van der Waals surface area (Å²) in [6, 6.07) is 0. The molecule has 0 saturated heterocycles. The molecule has 0 rings (SSSR count). The third-order valence-electron chi connectivity index (χ3n) is 3.35. The summed E-state index contributed by atoms with van der Waals surface area (Å²) < 4.78 is 57.0. The Morgan fingerprint density at radius 3 is 1.62 bits per heavy atom. The van der Waals surface area contributed by atoms with Crippen LogP contribution in [0.5, 0.6) is 0 Å². The number of phosphoric ester groups is 3. The second-order valence-electron chi connectivity index (χ2n) is 5.86. The van der Waals surface area contributed by atoms with Gasteiger partial charge in [0.2, 0.25) is 0 Å². The Morgan fingerprint density at radius 1 is 0.793 bits per heavy atom. The first-order chi connectivity index (χ1) is 13.3. The van der Waals surface area contributed by atoms with Crippen LogP contribution in [0, 0.1) is 11.8 Å². The van der Waals surface area contributed by atoms with Crippen molar-refractivity contribution in [3.63, 3.8) is 0 Å². The standard InChI is InChI=1S/C12H30NO13P3/c1-3-11(8-24-27(15,16)17)9-25-28(18,19)22-4-5-23-29(20,21)26-10-12(7-14)6-13-2/h11-14H,3-10H2,1-2H3,(H,18,19)(H,20,21)(H2,15,16,17). The second-order valence-corrected chi connectivity index (χ2v) is 10.0. The highest BCUT2D eigenvalue weighted by atomic mass is 31.2. The normalized spacial score (nSPS) is 18.7. The van der Waals surface area contributed by atoms with Gasteiger partial charge in [-0.1, -0.05) is 6.92 Å². The van der Waals surface area contributed by atoms with Crippen molar-refractivity contribution in [2.45, 2.75) is 13.3 Å². The molecule has 4 unspecified atom stereocenters. The minimum absolute atomic E-state index is 0.247. The minimum Gasteiger partial charge on any atom is -0.396 e. The fourth-order valence-electron chi connectivity index (χ4n) is 1.73. The molecule has 0 heterocycles. The molecule has 6 N–H and O–H groups in total. The first kappa shape index (κ1) is 29.2. The van der Waals surface area contributed by atoms with Crippen LogP contribution in [0.4, 0.5) is 0 Å². The van der Waals surface area contributed by atoms with E-state index in [4.69, 9.17) is 23.9 Å². The summed E-state index contributed by atoms with van der Waals surface area (Å²) in [6.07, 6.45) is 0.344. The predicted molar refractivity (Wildman–Crippen MR) is 99.7 cm³/mol. The predicted octanol–water partition coefficient (Wildman–Crippen LogP) is 0.217. The average Bonchev–Trinajstić information content (AvgIpc) is 2.61. The van der Waals surface area contributed by atoms with Gasteiger partial charge in [-0.2, -0.15) is 0 Å². The summed E-state index contributed by atoms with van der Waals surface area (Å²) in [5.41, 5.74) is 0. The van der Waals surface area contributed by atoms with Crippen LogP contribution in [0.3, 0.4) is 0 Å². The van der Waals surface area contributed by atoms with Crippen LogP contribution in [-0.4, -0.2) is 77.9 Å². The number of phosphoric acid groups is 3. The van der Waals surface area contributed by atoms with Crippen molar-refractivity contribution < 1.29 is 61.0 Å². The van der Waals surface area contributed by atoms with Crippen molar-refractivity contribution in [2.75, 3.05) is 53.2 Å². The van der Waals surface area contributed by atoms with Gasteiger partial charge in [-0.3, -0.25) is 22.6 Å². The van der Waals surface area contributed by atoms with Gasteiger partial charge in [0.25, 0.3) is 0 Å². The minimum atomic E-state index is -4.67. The summed E-state index contributed by atoms with van der Waals surface area (Å²) in [5.74, 6) is -1.00. The largest absolute Gasteiger partial charge is 0.472 e. The molecule has 14 nitrogen and oxygen atoms in total. The maximum atomic E-state index is 11.7.